The Morgan fingerprint density at radius 1 is 0.769 bits per heavy atom. The summed E-state index contributed by atoms with van der Waals surface area (Å²) in [6.45, 7) is 4.10. The summed E-state index contributed by atoms with van der Waals surface area (Å²) in [5.74, 6) is 0. The number of aromatic nitrogens is 2. The lowest BCUT2D eigenvalue weighted by atomic mass is 10.1. The highest BCUT2D eigenvalue weighted by Gasteiger charge is 2.06. The van der Waals surface area contributed by atoms with Crippen molar-refractivity contribution in [3.8, 4) is 0 Å². The molecule has 0 aliphatic rings. The Morgan fingerprint density at radius 2 is 1.23 bits per heavy atom. The quantitative estimate of drug-likeness (QED) is 0.482. The van der Waals surface area contributed by atoms with Crippen molar-refractivity contribution in [3.05, 3.63) is 72.1 Å². The second-order valence-corrected chi connectivity index (χ2v) is 6.72. The van der Waals surface area contributed by atoms with Gasteiger partial charge in [0.05, 0.1) is 11.0 Å². The van der Waals surface area contributed by atoms with Crippen molar-refractivity contribution >= 4 is 50.5 Å². The first-order valence-electron chi connectivity index (χ1n) is 8.39. The molecule has 0 unspecified atom stereocenters. The second-order valence-electron chi connectivity index (χ2n) is 6.32. The van der Waals surface area contributed by atoms with Gasteiger partial charge in [0, 0.05) is 34.5 Å². The van der Waals surface area contributed by atoms with E-state index in [1.807, 2.05) is 24.5 Å². The minimum Gasteiger partial charge on any atom is -0.332 e. The smallest absolute Gasteiger partial charge is 0.175 e. The molecule has 2 aromatic heterocycles. The molecule has 128 valence electrons. The number of fused-ring (bicyclic) bond motifs is 2. The van der Waals surface area contributed by atoms with E-state index in [0.29, 0.717) is 5.11 Å². The molecule has 0 amide bonds. The highest BCUT2D eigenvalue weighted by atomic mass is 32.1. The molecule has 4 rings (SSSR count). The topological polar surface area (TPSA) is 49.8 Å². The van der Waals surface area contributed by atoms with Gasteiger partial charge in [-0.1, -0.05) is 12.1 Å². The third-order valence-electron chi connectivity index (χ3n) is 4.31. The third-order valence-corrected chi connectivity index (χ3v) is 4.51. The summed E-state index contributed by atoms with van der Waals surface area (Å²) in [6.07, 6.45) is 3.62. The molecule has 2 heterocycles. The van der Waals surface area contributed by atoms with Gasteiger partial charge in [0.2, 0.25) is 0 Å². The Bertz CT molecular complexity index is 1050. The van der Waals surface area contributed by atoms with Crippen LogP contribution in [0.5, 0.6) is 0 Å². The molecule has 0 aliphatic carbocycles. The van der Waals surface area contributed by atoms with Crippen LogP contribution in [0.15, 0.2) is 60.9 Å². The van der Waals surface area contributed by atoms with Gasteiger partial charge in [0.15, 0.2) is 5.11 Å². The standard InChI is InChI=1S/C21H18N4S/c1-13-9-17(11-15-5-3-7-22-19(13)15)24-21(26)25-18-10-14(2)20-16(12-18)6-4-8-23-20/h3-12H,1-2H3,(H2,24,25,26). The van der Waals surface area contributed by atoms with E-state index in [1.54, 1.807) is 0 Å². The minimum absolute atomic E-state index is 0.551. The summed E-state index contributed by atoms with van der Waals surface area (Å²) < 4.78 is 0. The first-order chi connectivity index (χ1) is 12.6. The van der Waals surface area contributed by atoms with Gasteiger partial charge in [-0.15, -0.1) is 0 Å². The number of nitrogens with zero attached hydrogens (tertiary/aromatic N) is 2. The number of rotatable bonds is 2. The van der Waals surface area contributed by atoms with Gasteiger partial charge >= 0.3 is 0 Å². The van der Waals surface area contributed by atoms with E-state index >= 15 is 0 Å². The van der Waals surface area contributed by atoms with Gasteiger partial charge in [-0.2, -0.15) is 0 Å². The number of thiocarbonyl (C=S) groups is 1. The fourth-order valence-corrected chi connectivity index (χ4v) is 3.42. The lowest BCUT2D eigenvalue weighted by Gasteiger charge is -2.13. The van der Waals surface area contributed by atoms with Crippen LogP contribution in [0.4, 0.5) is 11.4 Å². The van der Waals surface area contributed by atoms with Crippen molar-refractivity contribution in [1.29, 1.82) is 0 Å². The first kappa shape index (κ1) is 16.4. The van der Waals surface area contributed by atoms with Crippen LogP contribution < -0.4 is 10.6 Å². The average Bonchev–Trinajstić information content (AvgIpc) is 2.61. The van der Waals surface area contributed by atoms with Gasteiger partial charge in [-0.25, -0.2) is 0 Å². The van der Waals surface area contributed by atoms with Crippen LogP contribution in [-0.2, 0) is 0 Å². The summed E-state index contributed by atoms with van der Waals surface area (Å²) in [4.78, 5) is 8.85. The zero-order valence-corrected chi connectivity index (χ0v) is 15.4. The zero-order valence-electron chi connectivity index (χ0n) is 14.6. The molecular weight excluding hydrogens is 340 g/mol. The summed E-state index contributed by atoms with van der Waals surface area (Å²) in [7, 11) is 0. The molecule has 4 nitrogen and oxygen atoms in total. The molecule has 0 fully saturated rings. The van der Waals surface area contributed by atoms with E-state index in [4.69, 9.17) is 12.2 Å². The van der Waals surface area contributed by atoms with Crippen molar-refractivity contribution in [2.75, 3.05) is 10.6 Å². The summed E-state index contributed by atoms with van der Waals surface area (Å²) in [5, 5.41) is 9.26. The first-order valence-corrected chi connectivity index (χ1v) is 8.80. The Morgan fingerprint density at radius 3 is 1.69 bits per heavy atom. The molecule has 5 heteroatoms. The van der Waals surface area contributed by atoms with Crippen molar-refractivity contribution in [2.45, 2.75) is 13.8 Å². The maximum absolute atomic E-state index is 5.50. The van der Waals surface area contributed by atoms with Crippen LogP contribution in [-0.4, -0.2) is 15.1 Å². The number of benzene rings is 2. The number of anilines is 2. The molecule has 2 aromatic carbocycles. The number of hydrogen-bond acceptors (Lipinski definition) is 3. The lowest BCUT2D eigenvalue weighted by molar-refractivity contribution is 1.36. The normalized spacial score (nSPS) is 10.8. The van der Waals surface area contributed by atoms with Gasteiger partial charge in [0.25, 0.3) is 0 Å². The lowest BCUT2D eigenvalue weighted by Crippen LogP contribution is -2.19. The molecule has 0 saturated carbocycles. The number of nitrogens with one attached hydrogen (secondary N) is 2. The Hall–Kier alpha value is -3.05. The average molecular weight is 358 g/mol. The largest absolute Gasteiger partial charge is 0.332 e. The summed E-state index contributed by atoms with van der Waals surface area (Å²) in [5.41, 5.74) is 6.13. The predicted octanol–water partition coefficient (Wildman–Crippen LogP) is 5.21. The Labute approximate surface area is 157 Å². The minimum atomic E-state index is 0.551. The van der Waals surface area contributed by atoms with E-state index in [1.165, 1.54) is 0 Å². The van der Waals surface area contributed by atoms with Crippen molar-refractivity contribution in [3.63, 3.8) is 0 Å². The van der Waals surface area contributed by atoms with Crippen molar-refractivity contribution in [2.24, 2.45) is 0 Å². The predicted molar refractivity (Wildman–Crippen MR) is 113 cm³/mol. The number of hydrogen-bond donors (Lipinski definition) is 2. The van der Waals surface area contributed by atoms with E-state index in [0.717, 1.165) is 44.3 Å². The Balaban J connectivity index is 1.58. The van der Waals surface area contributed by atoms with E-state index < -0.39 is 0 Å². The van der Waals surface area contributed by atoms with Crippen LogP contribution in [0.1, 0.15) is 11.1 Å². The van der Waals surface area contributed by atoms with E-state index in [9.17, 15) is 0 Å². The molecule has 26 heavy (non-hydrogen) atoms. The maximum Gasteiger partial charge on any atom is 0.175 e. The highest BCUT2D eigenvalue weighted by molar-refractivity contribution is 7.80. The van der Waals surface area contributed by atoms with Gasteiger partial charge in [-0.3, -0.25) is 9.97 Å². The van der Waals surface area contributed by atoms with Crippen LogP contribution in [0.25, 0.3) is 21.8 Å². The van der Waals surface area contributed by atoms with Crippen LogP contribution in [0, 0.1) is 13.8 Å². The molecule has 0 radical (unpaired) electrons. The fraction of sp³-hybridized carbons (Fsp3) is 0.0952. The fourth-order valence-electron chi connectivity index (χ4n) is 3.19. The van der Waals surface area contributed by atoms with Gasteiger partial charge in [0.1, 0.15) is 0 Å². The SMILES string of the molecule is Cc1cc(NC(=S)Nc2cc(C)c3ncccc3c2)cc2cccnc12. The van der Waals surface area contributed by atoms with Gasteiger partial charge in [-0.05, 0) is 73.6 Å². The van der Waals surface area contributed by atoms with Crippen LogP contribution in [0.3, 0.4) is 0 Å². The zero-order chi connectivity index (χ0) is 18.1. The molecule has 0 aliphatic heterocycles. The van der Waals surface area contributed by atoms with Crippen molar-refractivity contribution < 1.29 is 0 Å². The summed E-state index contributed by atoms with van der Waals surface area (Å²) in [6, 6.07) is 16.2. The van der Waals surface area contributed by atoms with Crippen molar-refractivity contribution in [1.82, 2.24) is 9.97 Å². The molecule has 0 saturated heterocycles. The van der Waals surface area contributed by atoms with Crippen LogP contribution in [0.2, 0.25) is 0 Å². The molecule has 0 bridgehead atoms. The maximum atomic E-state index is 5.50. The monoisotopic (exact) mass is 358 g/mol. The van der Waals surface area contributed by atoms with E-state index in [-0.39, 0.29) is 0 Å². The molecule has 2 N–H and O–H groups in total. The highest BCUT2D eigenvalue weighted by Crippen LogP contribution is 2.23. The molecule has 4 aromatic rings. The number of aryl methyl sites for hydroxylation is 2. The second kappa shape index (κ2) is 6.69. The molecule has 0 atom stereocenters. The Kier molecular flexibility index (Phi) is 4.22. The molecule has 0 spiro atoms. The van der Waals surface area contributed by atoms with Gasteiger partial charge < -0.3 is 10.6 Å². The number of pyridine rings is 2. The molecular formula is C21H18N4S. The summed E-state index contributed by atoms with van der Waals surface area (Å²) >= 11 is 5.50. The van der Waals surface area contributed by atoms with E-state index in [2.05, 4.69) is 70.8 Å². The van der Waals surface area contributed by atoms with Crippen LogP contribution >= 0.6 is 12.2 Å². The third kappa shape index (κ3) is 3.21.